The van der Waals surface area contributed by atoms with Crippen molar-refractivity contribution in [2.45, 2.75) is 31.6 Å². The number of carbonyl (C=O) groups excluding carboxylic acids is 1. The third-order valence-corrected chi connectivity index (χ3v) is 5.86. The fourth-order valence-electron chi connectivity index (χ4n) is 4.32. The molecule has 0 aliphatic heterocycles. The Hall–Kier alpha value is -3.73. The van der Waals surface area contributed by atoms with Crippen LogP contribution in [0.3, 0.4) is 0 Å². The Kier molecular flexibility index (Phi) is 6.45. The van der Waals surface area contributed by atoms with Gasteiger partial charge in [0, 0.05) is 25.8 Å². The quantitative estimate of drug-likeness (QED) is 0.504. The highest BCUT2D eigenvalue weighted by atomic mass is 16.4. The Balaban J connectivity index is 1.70. The van der Waals surface area contributed by atoms with Gasteiger partial charge in [-0.2, -0.15) is 0 Å². The third kappa shape index (κ3) is 4.78. The molecule has 3 aromatic rings. The minimum absolute atomic E-state index is 0.0319. The first-order valence-corrected chi connectivity index (χ1v) is 10.8. The number of fused-ring (bicyclic) bond motifs is 1. The van der Waals surface area contributed by atoms with Crippen LogP contribution in [0.15, 0.2) is 89.1 Å². The summed E-state index contributed by atoms with van der Waals surface area (Å²) in [6.45, 7) is 0.0571. The summed E-state index contributed by atoms with van der Waals surface area (Å²) in [5, 5.41) is 22.1. The van der Waals surface area contributed by atoms with Crippen LogP contribution in [0.25, 0.3) is 10.8 Å². The molecule has 0 saturated heterocycles. The number of aliphatic carboxylic acids is 1. The summed E-state index contributed by atoms with van der Waals surface area (Å²) >= 11 is 0. The standard InChI is InChI=1S/C27H25NO4/c29-24-16-21(18-7-2-1-3-8-18)17-25(30)27(24)23(28-14-13-26(31)32)15-20-11-6-10-19-9-4-5-12-22(19)20/h1-12,21,29H,13-17H2,(H,31,32). The second-order valence-electron chi connectivity index (χ2n) is 8.05. The number of carboxylic acids is 1. The highest BCUT2D eigenvalue weighted by Crippen LogP contribution is 2.34. The Morgan fingerprint density at radius 2 is 1.66 bits per heavy atom. The lowest BCUT2D eigenvalue weighted by Crippen LogP contribution is -2.25. The summed E-state index contributed by atoms with van der Waals surface area (Å²) in [6.07, 6.45) is 0.867. The lowest BCUT2D eigenvalue weighted by Gasteiger charge is -2.25. The summed E-state index contributed by atoms with van der Waals surface area (Å²) < 4.78 is 0. The smallest absolute Gasteiger partial charge is 0.305 e. The number of ketones is 1. The number of aliphatic hydroxyl groups is 1. The van der Waals surface area contributed by atoms with Crippen LogP contribution in [-0.4, -0.2) is 34.2 Å². The van der Waals surface area contributed by atoms with Gasteiger partial charge in [0.1, 0.15) is 5.76 Å². The number of Topliss-reactive ketones (excluding diaryl/α,β-unsaturated/α-hetero) is 1. The van der Waals surface area contributed by atoms with Gasteiger partial charge in [-0.15, -0.1) is 0 Å². The molecule has 0 amide bonds. The predicted molar refractivity (Wildman–Crippen MR) is 125 cm³/mol. The van der Waals surface area contributed by atoms with Crippen molar-refractivity contribution in [3.63, 3.8) is 0 Å². The van der Waals surface area contributed by atoms with E-state index in [0.717, 1.165) is 21.9 Å². The van der Waals surface area contributed by atoms with Crippen LogP contribution in [0.4, 0.5) is 0 Å². The molecule has 0 aromatic heterocycles. The predicted octanol–water partition coefficient (Wildman–Crippen LogP) is 5.26. The highest BCUT2D eigenvalue weighted by Gasteiger charge is 2.31. The Bertz CT molecular complexity index is 1210. The third-order valence-electron chi connectivity index (χ3n) is 5.86. The van der Waals surface area contributed by atoms with Gasteiger partial charge in [0.15, 0.2) is 5.78 Å². The van der Waals surface area contributed by atoms with E-state index in [4.69, 9.17) is 5.11 Å². The molecule has 4 rings (SSSR count). The zero-order valence-corrected chi connectivity index (χ0v) is 17.7. The molecule has 5 heteroatoms. The molecule has 0 heterocycles. The van der Waals surface area contributed by atoms with Crippen molar-refractivity contribution in [1.29, 1.82) is 0 Å². The number of nitrogens with zero attached hydrogens (tertiary/aromatic N) is 1. The fraction of sp³-hybridized carbons (Fsp3) is 0.222. The second kappa shape index (κ2) is 9.60. The molecule has 0 bridgehead atoms. The van der Waals surface area contributed by atoms with Crippen molar-refractivity contribution < 1.29 is 19.8 Å². The number of hydrogen-bond donors (Lipinski definition) is 2. The average molecular weight is 428 g/mol. The first-order chi connectivity index (χ1) is 15.5. The monoisotopic (exact) mass is 427 g/mol. The van der Waals surface area contributed by atoms with Crippen molar-refractivity contribution in [3.05, 3.63) is 95.3 Å². The number of aliphatic hydroxyl groups excluding tert-OH is 1. The van der Waals surface area contributed by atoms with E-state index in [-0.39, 0.29) is 42.4 Å². The zero-order chi connectivity index (χ0) is 22.5. The van der Waals surface area contributed by atoms with E-state index in [9.17, 15) is 14.7 Å². The number of benzene rings is 3. The normalized spacial score (nSPS) is 17.1. The van der Waals surface area contributed by atoms with Gasteiger partial charge in [0.25, 0.3) is 0 Å². The molecular weight excluding hydrogens is 402 g/mol. The van der Waals surface area contributed by atoms with E-state index in [1.54, 1.807) is 0 Å². The Labute approximate surface area is 186 Å². The molecule has 3 aromatic carbocycles. The fourth-order valence-corrected chi connectivity index (χ4v) is 4.32. The maximum atomic E-state index is 13.2. The molecule has 5 nitrogen and oxygen atoms in total. The topological polar surface area (TPSA) is 87.0 Å². The Morgan fingerprint density at radius 3 is 2.41 bits per heavy atom. The first-order valence-electron chi connectivity index (χ1n) is 10.8. The number of hydrogen-bond acceptors (Lipinski definition) is 4. The minimum Gasteiger partial charge on any atom is -0.511 e. The van der Waals surface area contributed by atoms with Gasteiger partial charge in [-0.05, 0) is 27.8 Å². The molecule has 1 atom stereocenters. The van der Waals surface area contributed by atoms with Gasteiger partial charge in [-0.1, -0.05) is 72.8 Å². The van der Waals surface area contributed by atoms with Crippen molar-refractivity contribution in [3.8, 4) is 0 Å². The molecule has 1 aliphatic rings. The van der Waals surface area contributed by atoms with Crippen molar-refractivity contribution in [2.24, 2.45) is 4.99 Å². The van der Waals surface area contributed by atoms with Crippen LogP contribution in [-0.2, 0) is 16.0 Å². The first kappa shape index (κ1) is 21.5. The summed E-state index contributed by atoms with van der Waals surface area (Å²) in [4.78, 5) is 28.7. The summed E-state index contributed by atoms with van der Waals surface area (Å²) in [5.41, 5.74) is 2.70. The molecule has 1 unspecified atom stereocenters. The van der Waals surface area contributed by atoms with Crippen LogP contribution in [0, 0.1) is 0 Å². The number of carboxylic acid groups (broad SMARTS) is 1. The number of rotatable bonds is 7. The minimum atomic E-state index is -0.949. The van der Waals surface area contributed by atoms with E-state index in [2.05, 4.69) is 4.99 Å². The van der Waals surface area contributed by atoms with Crippen molar-refractivity contribution in [2.75, 3.05) is 6.54 Å². The number of aliphatic imine (C=N–C) groups is 1. The summed E-state index contributed by atoms with van der Waals surface area (Å²) in [7, 11) is 0. The van der Waals surface area contributed by atoms with E-state index in [0.29, 0.717) is 18.6 Å². The van der Waals surface area contributed by atoms with Gasteiger partial charge >= 0.3 is 5.97 Å². The van der Waals surface area contributed by atoms with Crippen LogP contribution in [0.1, 0.15) is 36.3 Å². The second-order valence-corrected chi connectivity index (χ2v) is 8.05. The van der Waals surface area contributed by atoms with Crippen LogP contribution in [0.5, 0.6) is 0 Å². The highest BCUT2D eigenvalue weighted by molar-refractivity contribution is 6.24. The van der Waals surface area contributed by atoms with Crippen LogP contribution < -0.4 is 0 Å². The van der Waals surface area contributed by atoms with E-state index in [1.165, 1.54) is 0 Å². The van der Waals surface area contributed by atoms with Crippen LogP contribution >= 0.6 is 0 Å². The number of allylic oxidation sites excluding steroid dienone is 2. The molecule has 162 valence electrons. The molecule has 1 aliphatic carbocycles. The van der Waals surface area contributed by atoms with Crippen LogP contribution in [0.2, 0.25) is 0 Å². The lowest BCUT2D eigenvalue weighted by atomic mass is 9.80. The van der Waals surface area contributed by atoms with Gasteiger partial charge < -0.3 is 10.2 Å². The van der Waals surface area contributed by atoms with Gasteiger partial charge in [0.2, 0.25) is 0 Å². The van der Waals surface area contributed by atoms with Crippen molar-refractivity contribution in [1.82, 2.24) is 0 Å². The molecule has 0 spiro atoms. The number of carbonyl (C=O) groups is 2. The average Bonchev–Trinajstić information content (AvgIpc) is 2.79. The summed E-state index contributed by atoms with van der Waals surface area (Å²) in [5.74, 6) is -1.15. The van der Waals surface area contributed by atoms with E-state index in [1.807, 2.05) is 72.8 Å². The maximum Gasteiger partial charge on any atom is 0.305 e. The SMILES string of the molecule is O=C(O)CCN=C(Cc1cccc2ccccc12)C1=C(O)CC(c2ccccc2)CC1=O. The maximum absolute atomic E-state index is 13.2. The molecular formula is C27H25NO4. The largest absolute Gasteiger partial charge is 0.511 e. The van der Waals surface area contributed by atoms with Gasteiger partial charge in [-0.3, -0.25) is 14.6 Å². The Morgan fingerprint density at radius 1 is 0.938 bits per heavy atom. The van der Waals surface area contributed by atoms with Gasteiger partial charge in [0.05, 0.1) is 17.7 Å². The molecule has 0 radical (unpaired) electrons. The van der Waals surface area contributed by atoms with E-state index >= 15 is 0 Å². The molecule has 0 fully saturated rings. The van der Waals surface area contributed by atoms with E-state index < -0.39 is 5.97 Å². The lowest BCUT2D eigenvalue weighted by molar-refractivity contribution is -0.136. The summed E-state index contributed by atoms with van der Waals surface area (Å²) in [6, 6.07) is 23.6. The molecule has 0 saturated carbocycles. The van der Waals surface area contributed by atoms with Gasteiger partial charge in [-0.25, -0.2) is 0 Å². The molecule has 32 heavy (non-hydrogen) atoms. The van der Waals surface area contributed by atoms with Crippen molar-refractivity contribution >= 4 is 28.2 Å². The zero-order valence-electron chi connectivity index (χ0n) is 17.7. The molecule has 2 N–H and O–H groups in total.